The quantitative estimate of drug-likeness (QED) is 0.757. The van der Waals surface area contributed by atoms with Crippen LogP contribution < -0.4 is 21.7 Å². The number of nitrogens with one attached hydrogen (secondary N) is 1. The van der Waals surface area contributed by atoms with Crippen LogP contribution in [0.15, 0.2) is 0 Å². The van der Waals surface area contributed by atoms with Gasteiger partial charge in [0.15, 0.2) is 0 Å². The van der Waals surface area contributed by atoms with Gasteiger partial charge in [-0.2, -0.15) is 0 Å². The highest BCUT2D eigenvalue weighted by Gasteiger charge is 2.29. The van der Waals surface area contributed by atoms with Crippen molar-refractivity contribution in [3.8, 4) is 0 Å². The number of rotatable bonds is 3. The van der Waals surface area contributed by atoms with Crippen LogP contribution in [0.5, 0.6) is 0 Å². The number of thiophene rings is 1. The molecule has 2 heterocycles. The van der Waals surface area contributed by atoms with E-state index in [1.165, 1.54) is 18.4 Å². The highest BCUT2D eigenvalue weighted by molar-refractivity contribution is 7.19. The van der Waals surface area contributed by atoms with E-state index in [1.807, 2.05) is 0 Å². The monoisotopic (exact) mass is 282 g/mol. The van der Waals surface area contributed by atoms with Gasteiger partial charge in [0, 0.05) is 20.1 Å². The van der Waals surface area contributed by atoms with Crippen molar-refractivity contribution in [3.05, 3.63) is 10.4 Å². The van der Waals surface area contributed by atoms with Crippen LogP contribution in [0, 0.1) is 5.92 Å². The maximum absolute atomic E-state index is 11.8. The number of primary amides is 1. The van der Waals surface area contributed by atoms with Gasteiger partial charge in [-0.3, -0.25) is 9.59 Å². The molecular formula is C12H18N4O2S. The van der Waals surface area contributed by atoms with Gasteiger partial charge in [-0.05, 0) is 12.3 Å². The Balaban J connectivity index is 2.47. The third kappa shape index (κ3) is 2.37. The smallest absolute Gasteiger partial charge is 0.263 e. The van der Waals surface area contributed by atoms with E-state index >= 15 is 0 Å². The topological polar surface area (TPSA) is 101 Å². The summed E-state index contributed by atoms with van der Waals surface area (Å²) in [5.41, 5.74) is 11.8. The van der Waals surface area contributed by atoms with Crippen molar-refractivity contribution in [3.63, 3.8) is 0 Å². The van der Waals surface area contributed by atoms with E-state index in [2.05, 4.69) is 17.1 Å². The summed E-state index contributed by atoms with van der Waals surface area (Å²) in [5.74, 6) is -0.311. The maximum atomic E-state index is 11.8. The molecule has 0 spiro atoms. The number of nitrogens with two attached hydrogens (primary N) is 2. The number of carbonyl (C=O) groups excluding carboxylic acids is 2. The minimum Gasteiger partial charge on any atom is -0.397 e. The van der Waals surface area contributed by atoms with E-state index in [0.717, 1.165) is 19.5 Å². The molecule has 1 aromatic heterocycles. The molecule has 1 aliphatic rings. The molecule has 1 unspecified atom stereocenters. The molecule has 0 aliphatic carbocycles. The summed E-state index contributed by atoms with van der Waals surface area (Å²) in [6, 6.07) is 0. The first-order chi connectivity index (χ1) is 8.95. The minimum absolute atomic E-state index is 0.186. The predicted molar refractivity (Wildman–Crippen MR) is 76.6 cm³/mol. The fourth-order valence-electron chi connectivity index (χ4n) is 2.29. The van der Waals surface area contributed by atoms with Gasteiger partial charge in [0.1, 0.15) is 9.88 Å². The Labute approximate surface area is 115 Å². The lowest BCUT2D eigenvalue weighted by Crippen LogP contribution is -2.23. The molecule has 0 saturated carbocycles. The van der Waals surface area contributed by atoms with Crippen LogP contribution >= 0.6 is 11.3 Å². The van der Waals surface area contributed by atoms with Gasteiger partial charge < -0.3 is 21.7 Å². The van der Waals surface area contributed by atoms with E-state index in [4.69, 9.17) is 11.5 Å². The first-order valence-corrected chi connectivity index (χ1v) is 6.96. The van der Waals surface area contributed by atoms with Gasteiger partial charge in [0.05, 0.1) is 11.3 Å². The van der Waals surface area contributed by atoms with Crippen LogP contribution in [-0.4, -0.2) is 32.0 Å². The van der Waals surface area contributed by atoms with Gasteiger partial charge >= 0.3 is 0 Å². The first kappa shape index (κ1) is 13.7. The van der Waals surface area contributed by atoms with Crippen LogP contribution in [0.1, 0.15) is 33.4 Å². The number of anilines is 2. The second-order valence-electron chi connectivity index (χ2n) is 4.81. The Bertz CT molecular complexity index is 526. The van der Waals surface area contributed by atoms with Crippen molar-refractivity contribution < 1.29 is 9.59 Å². The minimum atomic E-state index is -0.585. The lowest BCUT2D eigenvalue weighted by molar-refractivity contribution is 0.0967. The fourth-order valence-corrected chi connectivity index (χ4v) is 3.50. The number of hydrogen-bond donors (Lipinski definition) is 3. The molecule has 0 aromatic carbocycles. The zero-order chi connectivity index (χ0) is 14.2. The Morgan fingerprint density at radius 2 is 2.16 bits per heavy atom. The molecule has 6 nitrogen and oxygen atoms in total. The largest absolute Gasteiger partial charge is 0.397 e. The lowest BCUT2D eigenvalue weighted by atomic mass is 10.2. The zero-order valence-corrected chi connectivity index (χ0v) is 11.8. The Kier molecular flexibility index (Phi) is 3.66. The van der Waals surface area contributed by atoms with Crippen LogP contribution in [-0.2, 0) is 0 Å². The Hall–Kier alpha value is -1.76. The van der Waals surface area contributed by atoms with E-state index in [1.54, 1.807) is 0 Å². The van der Waals surface area contributed by atoms with Crippen molar-refractivity contribution >= 4 is 33.8 Å². The fraction of sp³-hybridized carbons (Fsp3) is 0.500. The highest BCUT2D eigenvalue weighted by Crippen LogP contribution is 2.40. The summed E-state index contributed by atoms with van der Waals surface area (Å²) < 4.78 is 0. The second kappa shape index (κ2) is 5.08. The van der Waals surface area contributed by atoms with Crippen molar-refractivity contribution in [1.82, 2.24) is 5.32 Å². The van der Waals surface area contributed by atoms with Crippen molar-refractivity contribution in [2.75, 3.05) is 30.8 Å². The Morgan fingerprint density at radius 1 is 1.47 bits per heavy atom. The number of nitrogens with zero attached hydrogens (tertiary/aromatic N) is 1. The van der Waals surface area contributed by atoms with E-state index < -0.39 is 5.91 Å². The summed E-state index contributed by atoms with van der Waals surface area (Å²) in [7, 11) is 1.53. The molecule has 104 valence electrons. The molecule has 1 atom stereocenters. The zero-order valence-electron chi connectivity index (χ0n) is 11.0. The average molecular weight is 282 g/mol. The number of amides is 2. The normalized spacial score (nSPS) is 18.6. The Morgan fingerprint density at radius 3 is 2.63 bits per heavy atom. The maximum Gasteiger partial charge on any atom is 0.263 e. The lowest BCUT2D eigenvalue weighted by Gasteiger charge is -2.17. The second-order valence-corrected chi connectivity index (χ2v) is 5.81. The molecule has 1 saturated heterocycles. The molecule has 5 N–H and O–H groups in total. The van der Waals surface area contributed by atoms with Crippen LogP contribution in [0.2, 0.25) is 0 Å². The highest BCUT2D eigenvalue weighted by atomic mass is 32.1. The summed E-state index contributed by atoms with van der Waals surface area (Å²) in [6.07, 6.45) is 1.06. The molecular weight excluding hydrogens is 264 g/mol. The first-order valence-electron chi connectivity index (χ1n) is 6.14. The number of nitrogen functional groups attached to an aromatic ring is 1. The van der Waals surface area contributed by atoms with Gasteiger partial charge in [-0.1, -0.05) is 6.92 Å². The van der Waals surface area contributed by atoms with Crippen molar-refractivity contribution in [2.24, 2.45) is 11.7 Å². The molecule has 1 fully saturated rings. The summed E-state index contributed by atoms with van der Waals surface area (Å²) in [4.78, 5) is 25.8. The standard InChI is InChI=1S/C12H18N4O2S/c1-6-3-4-16(5-6)12-7(10(14)17)8(13)9(19-12)11(18)15-2/h6H,3-5,13H2,1-2H3,(H2,14,17)(H,15,18). The van der Waals surface area contributed by atoms with Gasteiger partial charge in [-0.25, -0.2) is 0 Å². The van der Waals surface area contributed by atoms with Gasteiger partial charge in [0.25, 0.3) is 11.8 Å². The number of hydrogen-bond acceptors (Lipinski definition) is 5. The van der Waals surface area contributed by atoms with Crippen LogP contribution in [0.25, 0.3) is 0 Å². The third-order valence-corrected chi connectivity index (χ3v) is 4.58. The summed E-state index contributed by atoms with van der Waals surface area (Å²) >= 11 is 1.23. The molecule has 2 amide bonds. The van der Waals surface area contributed by atoms with Crippen LogP contribution in [0.4, 0.5) is 10.7 Å². The van der Waals surface area contributed by atoms with Gasteiger partial charge in [0.2, 0.25) is 0 Å². The molecule has 2 rings (SSSR count). The molecule has 0 radical (unpaired) electrons. The van der Waals surface area contributed by atoms with Crippen LogP contribution in [0.3, 0.4) is 0 Å². The van der Waals surface area contributed by atoms with Crippen molar-refractivity contribution in [1.29, 1.82) is 0 Å². The SMILES string of the molecule is CNC(=O)c1sc(N2CCC(C)C2)c(C(N)=O)c1N. The summed E-state index contributed by atoms with van der Waals surface area (Å²) in [6.45, 7) is 3.86. The molecule has 7 heteroatoms. The molecule has 1 aliphatic heterocycles. The third-order valence-electron chi connectivity index (χ3n) is 3.32. The summed E-state index contributed by atoms with van der Waals surface area (Å²) in [5, 5.41) is 3.24. The predicted octanol–water partition coefficient (Wildman–Crippen LogP) is 0.635. The average Bonchev–Trinajstić information content (AvgIpc) is 2.92. The van der Waals surface area contributed by atoms with Crippen molar-refractivity contribution in [2.45, 2.75) is 13.3 Å². The van der Waals surface area contributed by atoms with E-state index in [0.29, 0.717) is 15.8 Å². The van der Waals surface area contributed by atoms with E-state index in [9.17, 15) is 9.59 Å². The molecule has 0 bridgehead atoms. The molecule has 1 aromatic rings. The van der Waals surface area contributed by atoms with E-state index in [-0.39, 0.29) is 17.2 Å². The molecule has 19 heavy (non-hydrogen) atoms. The number of carbonyl (C=O) groups is 2. The van der Waals surface area contributed by atoms with Gasteiger partial charge in [-0.15, -0.1) is 11.3 Å².